The molecular weight excluding hydrogens is 442 g/mol. The number of hydrogen-bond acceptors (Lipinski definition) is 5. The van der Waals surface area contributed by atoms with E-state index >= 15 is 0 Å². The Morgan fingerprint density at radius 3 is 2.48 bits per heavy atom. The van der Waals surface area contributed by atoms with Gasteiger partial charge in [-0.3, -0.25) is 0 Å². The SMILES string of the molecule is CC1(C)CCCCN1c1ccc(-c2nc(-c3ccc(C(=O)O)c(F)c3)no2)cc1C(F)(F)F. The Kier molecular flexibility index (Phi) is 5.63. The smallest absolute Gasteiger partial charge is 0.418 e. The summed E-state index contributed by atoms with van der Waals surface area (Å²) < 4.78 is 61.1. The Morgan fingerprint density at radius 2 is 1.85 bits per heavy atom. The molecule has 0 amide bonds. The molecule has 0 saturated carbocycles. The second-order valence-electron chi connectivity index (χ2n) is 8.57. The van der Waals surface area contributed by atoms with Gasteiger partial charge >= 0.3 is 12.1 Å². The van der Waals surface area contributed by atoms with Gasteiger partial charge in [0.2, 0.25) is 5.82 Å². The van der Waals surface area contributed by atoms with Gasteiger partial charge in [-0.15, -0.1) is 0 Å². The van der Waals surface area contributed by atoms with Gasteiger partial charge in [0.25, 0.3) is 5.89 Å². The average molecular weight is 463 g/mol. The fraction of sp³-hybridized carbons (Fsp3) is 0.348. The Hall–Kier alpha value is -3.43. The first-order valence-corrected chi connectivity index (χ1v) is 10.3. The summed E-state index contributed by atoms with van der Waals surface area (Å²) in [6, 6.07) is 7.16. The number of benzene rings is 2. The number of anilines is 1. The standard InChI is InChI=1S/C23H21F4N3O3/c1-22(2)9-3-4-10-30(22)18-8-6-14(11-16(18)23(25,26)27)20-28-19(29-33-20)13-5-7-15(21(31)32)17(24)12-13/h5-8,11-12H,3-4,9-10H2,1-2H3,(H,31,32). The lowest BCUT2D eigenvalue weighted by Crippen LogP contribution is -2.48. The molecule has 1 saturated heterocycles. The molecule has 1 fully saturated rings. The van der Waals surface area contributed by atoms with E-state index in [-0.39, 0.29) is 28.5 Å². The van der Waals surface area contributed by atoms with E-state index in [9.17, 15) is 22.4 Å². The summed E-state index contributed by atoms with van der Waals surface area (Å²) in [7, 11) is 0. The minimum absolute atomic E-state index is 0.0715. The summed E-state index contributed by atoms with van der Waals surface area (Å²) in [4.78, 5) is 16.8. The van der Waals surface area contributed by atoms with Crippen LogP contribution in [0.15, 0.2) is 40.9 Å². The maximum atomic E-state index is 14.0. The van der Waals surface area contributed by atoms with E-state index < -0.39 is 34.6 Å². The molecule has 1 N–H and O–H groups in total. The summed E-state index contributed by atoms with van der Waals surface area (Å²) in [5.74, 6) is -2.65. The van der Waals surface area contributed by atoms with Crippen molar-refractivity contribution >= 4 is 11.7 Å². The number of nitrogens with zero attached hydrogens (tertiary/aromatic N) is 3. The van der Waals surface area contributed by atoms with Gasteiger partial charge in [-0.05, 0) is 69.5 Å². The topological polar surface area (TPSA) is 79.5 Å². The number of carboxylic acid groups (broad SMARTS) is 1. The molecule has 2 heterocycles. The molecule has 0 aliphatic carbocycles. The molecule has 2 aromatic carbocycles. The predicted molar refractivity (Wildman–Crippen MR) is 112 cm³/mol. The zero-order valence-corrected chi connectivity index (χ0v) is 17.9. The first-order valence-electron chi connectivity index (χ1n) is 10.3. The van der Waals surface area contributed by atoms with E-state index in [1.54, 1.807) is 4.90 Å². The van der Waals surface area contributed by atoms with Crippen molar-refractivity contribution in [1.29, 1.82) is 0 Å². The van der Waals surface area contributed by atoms with Gasteiger partial charge in [-0.2, -0.15) is 18.2 Å². The number of halogens is 4. The number of hydrogen-bond donors (Lipinski definition) is 1. The van der Waals surface area contributed by atoms with Crippen LogP contribution >= 0.6 is 0 Å². The van der Waals surface area contributed by atoms with Gasteiger partial charge in [0.1, 0.15) is 5.82 Å². The zero-order valence-electron chi connectivity index (χ0n) is 17.9. The second-order valence-corrected chi connectivity index (χ2v) is 8.57. The minimum atomic E-state index is -4.60. The molecule has 0 unspecified atom stereocenters. The van der Waals surface area contributed by atoms with Crippen LogP contribution in [-0.2, 0) is 6.18 Å². The summed E-state index contributed by atoms with van der Waals surface area (Å²) >= 11 is 0. The lowest BCUT2D eigenvalue weighted by molar-refractivity contribution is -0.137. The predicted octanol–water partition coefficient (Wildman–Crippen LogP) is 6.03. The molecule has 1 aromatic heterocycles. The average Bonchev–Trinajstić information content (AvgIpc) is 3.22. The third-order valence-corrected chi connectivity index (χ3v) is 5.87. The fourth-order valence-corrected chi connectivity index (χ4v) is 4.13. The fourth-order valence-electron chi connectivity index (χ4n) is 4.13. The highest BCUT2D eigenvalue weighted by Gasteiger charge is 2.39. The zero-order chi connectivity index (χ0) is 24.0. The number of aromatic nitrogens is 2. The molecule has 6 nitrogen and oxygen atoms in total. The molecular formula is C23H21F4N3O3. The lowest BCUT2D eigenvalue weighted by atomic mass is 9.89. The highest BCUT2D eigenvalue weighted by Crippen LogP contribution is 2.43. The van der Waals surface area contributed by atoms with Crippen LogP contribution < -0.4 is 4.90 Å². The van der Waals surface area contributed by atoms with Crippen LogP contribution in [0.2, 0.25) is 0 Å². The number of carbonyl (C=O) groups is 1. The normalized spacial score (nSPS) is 16.1. The first kappa shape index (κ1) is 22.8. The molecule has 1 aliphatic rings. The molecule has 0 spiro atoms. The summed E-state index contributed by atoms with van der Waals surface area (Å²) in [5.41, 5.74) is -1.43. The van der Waals surface area contributed by atoms with Gasteiger partial charge in [-0.1, -0.05) is 5.16 Å². The van der Waals surface area contributed by atoms with Crippen molar-refractivity contribution in [1.82, 2.24) is 10.1 Å². The van der Waals surface area contributed by atoms with Crippen LogP contribution in [0.25, 0.3) is 22.8 Å². The van der Waals surface area contributed by atoms with Gasteiger partial charge < -0.3 is 14.5 Å². The van der Waals surface area contributed by atoms with E-state index in [0.717, 1.165) is 37.5 Å². The van der Waals surface area contributed by atoms with E-state index in [0.29, 0.717) is 6.54 Å². The van der Waals surface area contributed by atoms with Crippen LogP contribution in [0, 0.1) is 5.82 Å². The number of aromatic carboxylic acids is 1. The number of alkyl halides is 3. The Balaban J connectivity index is 1.72. The van der Waals surface area contributed by atoms with Crippen molar-refractivity contribution in [2.75, 3.05) is 11.4 Å². The number of piperidine rings is 1. The summed E-state index contributed by atoms with van der Waals surface area (Å²) in [6.45, 7) is 4.39. The third kappa shape index (κ3) is 4.42. The summed E-state index contributed by atoms with van der Waals surface area (Å²) in [5, 5.41) is 12.6. The highest BCUT2D eigenvalue weighted by molar-refractivity contribution is 5.88. The maximum absolute atomic E-state index is 14.0. The van der Waals surface area contributed by atoms with Crippen LogP contribution in [0.5, 0.6) is 0 Å². The maximum Gasteiger partial charge on any atom is 0.418 e. The molecule has 174 valence electrons. The molecule has 0 bridgehead atoms. The first-order chi connectivity index (χ1) is 15.5. The van der Waals surface area contributed by atoms with E-state index in [1.807, 2.05) is 13.8 Å². The monoisotopic (exact) mass is 463 g/mol. The molecule has 1 aliphatic heterocycles. The Morgan fingerprint density at radius 1 is 1.12 bits per heavy atom. The third-order valence-electron chi connectivity index (χ3n) is 5.87. The number of rotatable bonds is 4. The van der Waals surface area contributed by atoms with Crippen molar-refractivity contribution in [2.45, 2.75) is 44.8 Å². The molecule has 33 heavy (non-hydrogen) atoms. The van der Waals surface area contributed by atoms with Crippen LogP contribution in [0.3, 0.4) is 0 Å². The molecule has 3 aromatic rings. The lowest BCUT2D eigenvalue weighted by Gasteiger charge is -2.45. The van der Waals surface area contributed by atoms with Gasteiger partial charge in [0.05, 0.1) is 11.1 Å². The van der Waals surface area contributed by atoms with E-state index in [1.165, 1.54) is 18.2 Å². The van der Waals surface area contributed by atoms with Gasteiger partial charge in [-0.25, -0.2) is 9.18 Å². The van der Waals surface area contributed by atoms with Crippen molar-refractivity contribution in [2.24, 2.45) is 0 Å². The number of carboxylic acids is 1. The molecule has 4 rings (SSSR count). The van der Waals surface area contributed by atoms with E-state index in [4.69, 9.17) is 9.63 Å². The van der Waals surface area contributed by atoms with Crippen LogP contribution in [-0.4, -0.2) is 33.3 Å². The highest BCUT2D eigenvalue weighted by atomic mass is 19.4. The largest absolute Gasteiger partial charge is 0.478 e. The summed E-state index contributed by atoms with van der Waals surface area (Å²) in [6.07, 6.45) is -2.04. The molecule has 10 heteroatoms. The Bertz CT molecular complexity index is 1200. The van der Waals surface area contributed by atoms with E-state index in [2.05, 4.69) is 10.1 Å². The van der Waals surface area contributed by atoms with Crippen LogP contribution in [0.1, 0.15) is 49.0 Å². The van der Waals surface area contributed by atoms with Gasteiger partial charge in [0, 0.05) is 28.9 Å². The second kappa shape index (κ2) is 8.17. The van der Waals surface area contributed by atoms with Crippen molar-refractivity contribution in [3.8, 4) is 22.8 Å². The quantitative estimate of drug-likeness (QED) is 0.476. The Labute approximate surface area is 186 Å². The van der Waals surface area contributed by atoms with Crippen molar-refractivity contribution in [3.63, 3.8) is 0 Å². The minimum Gasteiger partial charge on any atom is -0.478 e. The van der Waals surface area contributed by atoms with Crippen molar-refractivity contribution < 1.29 is 32.0 Å². The molecule has 0 radical (unpaired) electrons. The van der Waals surface area contributed by atoms with Crippen molar-refractivity contribution in [3.05, 3.63) is 53.3 Å². The van der Waals surface area contributed by atoms with Gasteiger partial charge in [0.15, 0.2) is 0 Å². The molecule has 0 atom stereocenters. The van der Waals surface area contributed by atoms with Crippen LogP contribution in [0.4, 0.5) is 23.2 Å².